The first-order valence-corrected chi connectivity index (χ1v) is 14.2. The molecule has 2 aliphatic heterocycles. The highest BCUT2D eigenvalue weighted by molar-refractivity contribution is 6.36. The van der Waals surface area contributed by atoms with Gasteiger partial charge in [0.15, 0.2) is 6.61 Å². The number of Topliss-reactive ketones (excluding diaryl/α,β-unsaturated/α-hetero) is 1. The minimum Gasteiger partial charge on any atom is -0.454 e. The van der Waals surface area contributed by atoms with Gasteiger partial charge in [-0.2, -0.15) is 0 Å². The van der Waals surface area contributed by atoms with Gasteiger partial charge in [-0.05, 0) is 74.0 Å². The SMILES string of the molecule is O=C(OCC(=O)c1ccc(Cl)cc1Cl)c1ccc(N2C(=O)CC(NC3CCN(Cc4ccccc4)CC3)C2=O)cc1. The van der Waals surface area contributed by atoms with Gasteiger partial charge in [-0.1, -0.05) is 53.5 Å². The van der Waals surface area contributed by atoms with Gasteiger partial charge in [-0.15, -0.1) is 0 Å². The molecular weight excluding hydrogens is 565 g/mol. The summed E-state index contributed by atoms with van der Waals surface area (Å²) in [6, 6.07) is 20.3. The molecule has 8 nitrogen and oxygen atoms in total. The molecular formula is C31H29Cl2N3O5. The number of likely N-dealkylation sites (tertiary alicyclic amines) is 1. The van der Waals surface area contributed by atoms with Gasteiger partial charge in [0.1, 0.15) is 0 Å². The molecule has 10 heteroatoms. The van der Waals surface area contributed by atoms with E-state index < -0.39 is 24.4 Å². The number of ether oxygens (including phenoxy) is 1. The summed E-state index contributed by atoms with van der Waals surface area (Å²) < 4.78 is 5.14. The van der Waals surface area contributed by atoms with E-state index in [-0.39, 0.29) is 40.4 Å². The molecule has 41 heavy (non-hydrogen) atoms. The molecule has 212 valence electrons. The number of benzene rings is 3. The van der Waals surface area contributed by atoms with E-state index in [1.54, 1.807) is 0 Å². The number of nitrogens with zero attached hydrogens (tertiary/aromatic N) is 2. The molecule has 2 aliphatic rings. The molecule has 0 aliphatic carbocycles. The molecule has 3 aromatic carbocycles. The second-order valence-electron chi connectivity index (χ2n) is 10.2. The summed E-state index contributed by atoms with van der Waals surface area (Å²) in [6.07, 6.45) is 1.88. The number of carbonyl (C=O) groups is 4. The summed E-state index contributed by atoms with van der Waals surface area (Å²) in [5.41, 5.74) is 2.04. The molecule has 1 unspecified atom stereocenters. The van der Waals surface area contributed by atoms with Gasteiger partial charge in [0.05, 0.1) is 28.7 Å². The van der Waals surface area contributed by atoms with Crippen LogP contribution >= 0.6 is 23.2 Å². The van der Waals surface area contributed by atoms with E-state index in [4.69, 9.17) is 27.9 Å². The second kappa shape index (κ2) is 13.0. The molecule has 3 aromatic rings. The van der Waals surface area contributed by atoms with Gasteiger partial charge in [0.2, 0.25) is 11.7 Å². The third-order valence-corrected chi connectivity index (χ3v) is 7.90. The highest BCUT2D eigenvalue weighted by Crippen LogP contribution is 2.25. The maximum absolute atomic E-state index is 13.2. The van der Waals surface area contributed by atoms with Crippen molar-refractivity contribution in [1.29, 1.82) is 0 Å². The van der Waals surface area contributed by atoms with Crippen molar-refractivity contribution in [1.82, 2.24) is 10.2 Å². The summed E-state index contributed by atoms with van der Waals surface area (Å²) in [5.74, 6) is -1.78. The number of halogens is 2. The van der Waals surface area contributed by atoms with Crippen molar-refractivity contribution in [2.75, 3.05) is 24.6 Å². The Morgan fingerprint density at radius 2 is 1.63 bits per heavy atom. The Balaban J connectivity index is 1.12. The Hall–Kier alpha value is -3.56. The Kier molecular flexibility index (Phi) is 9.15. The average Bonchev–Trinajstić information content (AvgIpc) is 3.25. The predicted molar refractivity (Wildman–Crippen MR) is 156 cm³/mol. The lowest BCUT2D eigenvalue weighted by molar-refractivity contribution is -0.121. The monoisotopic (exact) mass is 593 g/mol. The van der Waals surface area contributed by atoms with Crippen LogP contribution in [0.25, 0.3) is 0 Å². The number of ketones is 1. The fourth-order valence-corrected chi connectivity index (χ4v) is 5.69. The Labute approximate surface area is 248 Å². The van der Waals surface area contributed by atoms with Gasteiger partial charge in [-0.3, -0.25) is 19.3 Å². The first-order valence-electron chi connectivity index (χ1n) is 13.4. The van der Waals surface area contributed by atoms with Crippen molar-refractivity contribution in [3.63, 3.8) is 0 Å². The number of nitrogens with one attached hydrogen (secondary N) is 1. The summed E-state index contributed by atoms with van der Waals surface area (Å²) in [4.78, 5) is 54.4. The number of imide groups is 1. The molecule has 0 radical (unpaired) electrons. The largest absolute Gasteiger partial charge is 0.454 e. The lowest BCUT2D eigenvalue weighted by Gasteiger charge is -2.33. The van der Waals surface area contributed by atoms with E-state index in [2.05, 4.69) is 22.3 Å². The van der Waals surface area contributed by atoms with Crippen LogP contribution in [-0.2, 0) is 20.9 Å². The normalized spacial score (nSPS) is 18.1. The maximum atomic E-state index is 13.2. The summed E-state index contributed by atoms with van der Waals surface area (Å²) in [5, 5.41) is 3.96. The number of piperidine rings is 1. The van der Waals surface area contributed by atoms with Gasteiger partial charge in [0, 0.05) is 23.2 Å². The molecule has 1 atom stereocenters. The molecule has 0 spiro atoms. The molecule has 0 saturated carbocycles. The quantitative estimate of drug-likeness (QED) is 0.214. The third-order valence-electron chi connectivity index (χ3n) is 7.35. The molecule has 0 bridgehead atoms. The molecule has 2 saturated heterocycles. The second-order valence-corrected chi connectivity index (χ2v) is 11.0. The van der Waals surface area contributed by atoms with E-state index in [1.165, 1.54) is 48.0 Å². The number of esters is 1. The zero-order valence-corrected chi connectivity index (χ0v) is 23.7. The van der Waals surface area contributed by atoms with Crippen LogP contribution in [0, 0.1) is 0 Å². The first-order chi connectivity index (χ1) is 19.8. The van der Waals surface area contributed by atoms with Crippen LogP contribution in [0.3, 0.4) is 0 Å². The van der Waals surface area contributed by atoms with Gasteiger partial charge < -0.3 is 10.1 Å². The topological polar surface area (TPSA) is 96.0 Å². The number of anilines is 1. The number of carbonyl (C=O) groups excluding carboxylic acids is 4. The average molecular weight is 594 g/mol. The van der Waals surface area contributed by atoms with Gasteiger partial charge >= 0.3 is 5.97 Å². The van der Waals surface area contributed by atoms with E-state index in [0.717, 1.165) is 37.4 Å². The standard InChI is InChI=1S/C31H29Cl2N3O5/c32-22-8-11-25(26(33)16-22)28(37)19-41-31(40)21-6-9-24(10-7-21)36-29(38)17-27(30(36)39)34-23-12-14-35(15-13-23)18-20-4-2-1-3-5-20/h1-11,16,23,27,34H,12-15,17-19H2. The van der Waals surface area contributed by atoms with Crippen molar-refractivity contribution in [3.05, 3.63) is 99.5 Å². The van der Waals surface area contributed by atoms with E-state index >= 15 is 0 Å². The molecule has 0 aromatic heterocycles. The molecule has 2 heterocycles. The smallest absolute Gasteiger partial charge is 0.338 e. The number of hydrogen-bond acceptors (Lipinski definition) is 7. The highest BCUT2D eigenvalue weighted by Gasteiger charge is 2.40. The van der Waals surface area contributed by atoms with Crippen molar-refractivity contribution in [2.24, 2.45) is 0 Å². The van der Waals surface area contributed by atoms with Crippen LogP contribution in [0.5, 0.6) is 0 Å². The third kappa shape index (κ3) is 7.02. The van der Waals surface area contributed by atoms with Crippen molar-refractivity contribution in [3.8, 4) is 0 Å². The van der Waals surface area contributed by atoms with Crippen LogP contribution in [0.1, 0.15) is 45.5 Å². The van der Waals surface area contributed by atoms with Crippen molar-refractivity contribution >= 4 is 52.5 Å². The Morgan fingerprint density at radius 3 is 2.32 bits per heavy atom. The lowest BCUT2D eigenvalue weighted by atomic mass is 10.0. The zero-order valence-electron chi connectivity index (χ0n) is 22.2. The van der Waals surface area contributed by atoms with Crippen LogP contribution in [0.15, 0.2) is 72.8 Å². The van der Waals surface area contributed by atoms with Gasteiger partial charge in [0.25, 0.3) is 5.91 Å². The molecule has 5 rings (SSSR count). The molecule has 2 amide bonds. The fourth-order valence-electron chi connectivity index (χ4n) is 5.17. The highest BCUT2D eigenvalue weighted by atomic mass is 35.5. The number of hydrogen-bond donors (Lipinski definition) is 1. The van der Waals surface area contributed by atoms with E-state index in [9.17, 15) is 19.2 Å². The van der Waals surface area contributed by atoms with E-state index in [1.807, 2.05) is 18.2 Å². The Morgan fingerprint density at radius 1 is 0.927 bits per heavy atom. The number of rotatable bonds is 9. The summed E-state index contributed by atoms with van der Waals surface area (Å²) in [6.45, 7) is 2.24. The van der Waals surface area contributed by atoms with Crippen LogP contribution < -0.4 is 10.2 Å². The van der Waals surface area contributed by atoms with Gasteiger partial charge in [-0.25, -0.2) is 9.69 Å². The summed E-state index contributed by atoms with van der Waals surface area (Å²) in [7, 11) is 0. The minimum absolute atomic E-state index is 0.0855. The predicted octanol–water partition coefficient (Wildman–Crippen LogP) is 4.92. The fraction of sp³-hybridized carbons (Fsp3) is 0.290. The molecule has 2 fully saturated rings. The van der Waals surface area contributed by atoms with Crippen molar-refractivity contribution < 1.29 is 23.9 Å². The van der Waals surface area contributed by atoms with Crippen LogP contribution in [0.4, 0.5) is 5.69 Å². The van der Waals surface area contributed by atoms with Crippen molar-refractivity contribution in [2.45, 2.75) is 37.9 Å². The van der Waals surface area contributed by atoms with Crippen LogP contribution in [-0.4, -0.2) is 60.2 Å². The minimum atomic E-state index is -0.716. The summed E-state index contributed by atoms with van der Waals surface area (Å²) >= 11 is 11.9. The number of amides is 2. The lowest BCUT2D eigenvalue weighted by Crippen LogP contribution is -2.48. The maximum Gasteiger partial charge on any atom is 0.338 e. The zero-order chi connectivity index (χ0) is 28.9. The van der Waals surface area contributed by atoms with Crippen LogP contribution in [0.2, 0.25) is 10.0 Å². The van der Waals surface area contributed by atoms with E-state index in [0.29, 0.717) is 10.7 Å². The molecule has 1 N–H and O–H groups in total. The first kappa shape index (κ1) is 29.0. The Bertz CT molecular complexity index is 1440.